The number of phenolic OH excluding ortho intramolecular Hbond substituents is 2. The molecule has 0 saturated carbocycles. The topological polar surface area (TPSA) is 193 Å². The second-order valence-corrected chi connectivity index (χ2v) is 18.5. The molecule has 6 aromatic rings. The van der Waals surface area contributed by atoms with E-state index in [1.54, 1.807) is 31.5 Å². The molecule has 2 aliphatic rings. The van der Waals surface area contributed by atoms with Crippen LogP contribution in [0.3, 0.4) is 0 Å². The van der Waals surface area contributed by atoms with E-state index in [1.807, 2.05) is 58.8 Å². The number of ether oxygens (including phenoxy) is 1. The van der Waals surface area contributed by atoms with Crippen LogP contribution >= 0.6 is 23.2 Å². The molecular weight excluding hydrogens is 915 g/mol. The number of nitrogens with zero attached hydrogens (tertiary/aromatic N) is 7. The monoisotopic (exact) mass is 966 g/mol. The Morgan fingerprint density at radius 3 is 2.21 bits per heavy atom. The summed E-state index contributed by atoms with van der Waals surface area (Å²) in [5, 5.41) is 30.0. The molecule has 0 aliphatic carbocycles. The van der Waals surface area contributed by atoms with Crippen molar-refractivity contribution in [1.82, 2.24) is 34.6 Å². The van der Waals surface area contributed by atoms with Crippen molar-refractivity contribution < 1.29 is 38.2 Å². The van der Waals surface area contributed by atoms with Gasteiger partial charge in [0.25, 0.3) is 0 Å². The fraction of sp³-hybridized carbons (Fsp3) is 0.360. The summed E-state index contributed by atoms with van der Waals surface area (Å²) >= 11 is 12.5. The van der Waals surface area contributed by atoms with Crippen molar-refractivity contribution in [3.8, 4) is 50.8 Å². The van der Waals surface area contributed by atoms with Gasteiger partial charge < -0.3 is 35.0 Å². The zero-order chi connectivity index (χ0) is 48.4. The predicted molar refractivity (Wildman–Crippen MR) is 256 cm³/mol. The molecule has 18 heteroatoms. The van der Waals surface area contributed by atoms with Gasteiger partial charge in [0.2, 0.25) is 11.8 Å². The highest BCUT2D eigenvalue weighted by molar-refractivity contribution is 6.36. The SMILES string of the molecule is CC(=O)c1noc(-c2cc(C(C)C)c(O)cc2O)c1-c1ccc(CN2CCN(C(=O)CCC(=O)N3CCC(n4cc(-c5cnc(N)c(OC(C)c6c(Cl)ccc(F)c6Cl)c5)cn4)CC3)CC2)cc1. The number of rotatable bonds is 14. The Labute approximate surface area is 403 Å². The third kappa shape index (κ3) is 10.3. The first-order chi connectivity index (χ1) is 32.6. The number of halogens is 3. The second-order valence-electron chi connectivity index (χ2n) is 17.7. The number of nitrogens with two attached hydrogens (primary N) is 1. The lowest BCUT2D eigenvalue weighted by Crippen LogP contribution is -2.48. The number of Topliss-reactive ketones (excluding diaryl/α,β-unsaturated/α-hetero) is 1. The van der Waals surface area contributed by atoms with E-state index in [1.165, 1.54) is 25.1 Å². The van der Waals surface area contributed by atoms with Gasteiger partial charge in [-0.25, -0.2) is 9.37 Å². The Hall–Kier alpha value is -6.49. The average molecular weight is 968 g/mol. The Morgan fingerprint density at radius 1 is 0.868 bits per heavy atom. The highest BCUT2D eigenvalue weighted by Crippen LogP contribution is 2.43. The number of piperidine rings is 1. The summed E-state index contributed by atoms with van der Waals surface area (Å²) in [5.41, 5.74) is 11.3. The first-order valence-corrected chi connectivity index (χ1v) is 23.4. The quantitative estimate of drug-likeness (QED) is 0.0693. The molecule has 4 N–H and O–H groups in total. The number of hydrogen-bond donors (Lipinski definition) is 3. The van der Waals surface area contributed by atoms with Gasteiger partial charge in [0.1, 0.15) is 23.4 Å². The molecule has 15 nitrogen and oxygen atoms in total. The number of amides is 2. The summed E-state index contributed by atoms with van der Waals surface area (Å²) in [6.45, 7) is 11.2. The minimum atomic E-state index is -0.718. The second kappa shape index (κ2) is 20.4. The van der Waals surface area contributed by atoms with Crippen molar-refractivity contribution in [3.63, 3.8) is 0 Å². The lowest BCUT2D eigenvalue weighted by molar-refractivity contribution is -0.138. The third-order valence-electron chi connectivity index (χ3n) is 12.8. The molecule has 2 aliphatic heterocycles. The first kappa shape index (κ1) is 48.0. The van der Waals surface area contributed by atoms with E-state index >= 15 is 0 Å². The summed E-state index contributed by atoms with van der Waals surface area (Å²) < 4.78 is 27.8. The molecule has 8 rings (SSSR count). The van der Waals surface area contributed by atoms with Crippen LogP contribution in [0.4, 0.5) is 10.2 Å². The molecule has 5 heterocycles. The number of carbonyl (C=O) groups is 3. The standard InChI is InChI=1S/C50H53Cl2FN8O7/c1-28(2)36-22-37(41(64)23-40(36)63)49-46(48(29(3)62)57-68-49)32-7-5-31(6-8-32)26-58-17-19-60(20-18-58)44(66)12-11-43(65)59-15-13-35(14-16-59)61-27-34(25-56-61)33-21-42(50(54)55-24-33)67-30(4)45-38(51)9-10-39(53)47(45)52/h5-10,21-25,27-28,30,35,63-64H,11-20,26H2,1-4H3,(H2,54,55). The zero-order valence-electron chi connectivity index (χ0n) is 38.2. The fourth-order valence-electron chi connectivity index (χ4n) is 8.88. The van der Waals surface area contributed by atoms with E-state index in [9.17, 15) is 29.0 Å². The molecule has 1 unspecified atom stereocenters. The van der Waals surface area contributed by atoms with Gasteiger partial charge in [-0.2, -0.15) is 5.10 Å². The number of carbonyl (C=O) groups excluding carboxylic acids is 3. The molecular formula is C50H53Cl2FN8O7. The average Bonchev–Trinajstić information content (AvgIpc) is 4.00. The number of phenols is 2. The van der Waals surface area contributed by atoms with Crippen molar-refractivity contribution in [2.75, 3.05) is 45.0 Å². The Balaban J connectivity index is 0.793. The molecule has 1 atom stereocenters. The molecule has 3 aromatic heterocycles. The molecule has 3 aromatic carbocycles. The highest BCUT2D eigenvalue weighted by Gasteiger charge is 2.29. The van der Waals surface area contributed by atoms with Gasteiger partial charge in [-0.3, -0.25) is 24.0 Å². The van der Waals surface area contributed by atoms with Crippen molar-refractivity contribution in [1.29, 1.82) is 0 Å². The van der Waals surface area contributed by atoms with Crippen LogP contribution < -0.4 is 10.5 Å². The maximum atomic E-state index is 14.2. The van der Waals surface area contributed by atoms with Gasteiger partial charge in [-0.05, 0) is 66.6 Å². The number of hydrogen-bond acceptors (Lipinski definition) is 12. The maximum Gasteiger partial charge on any atom is 0.223 e. The maximum absolute atomic E-state index is 14.2. The van der Waals surface area contributed by atoms with Gasteiger partial charge >= 0.3 is 0 Å². The minimum absolute atomic E-state index is 0.0280. The van der Waals surface area contributed by atoms with E-state index < -0.39 is 11.9 Å². The van der Waals surface area contributed by atoms with Gasteiger partial charge in [0.05, 0.1) is 28.4 Å². The van der Waals surface area contributed by atoms with Crippen molar-refractivity contribution in [2.45, 2.75) is 78.0 Å². The number of aromatic hydroxyl groups is 2. The van der Waals surface area contributed by atoms with Gasteiger partial charge in [0, 0.05) is 106 Å². The van der Waals surface area contributed by atoms with E-state index in [4.69, 9.17) is 38.2 Å². The van der Waals surface area contributed by atoms with Gasteiger partial charge in [-0.15, -0.1) is 0 Å². The van der Waals surface area contributed by atoms with Crippen LogP contribution in [0.5, 0.6) is 17.2 Å². The molecule has 0 spiro atoms. The van der Waals surface area contributed by atoms with Crippen molar-refractivity contribution >= 4 is 46.6 Å². The predicted octanol–water partition coefficient (Wildman–Crippen LogP) is 9.46. The van der Waals surface area contributed by atoms with E-state index in [2.05, 4.69) is 20.1 Å². The summed E-state index contributed by atoms with van der Waals surface area (Å²) in [7, 11) is 0. The first-order valence-electron chi connectivity index (χ1n) is 22.6. The van der Waals surface area contributed by atoms with E-state index in [-0.39, 0.29) is 87.0 Å². The number of ketones is 1. The number of nitrogen functional groups attached to an aromatic ring is 1. The summed E-state index contributed by atoms with van der Waals surface area (Å²) in [6, 6.07) is 15.1. The van der Waals surface area contributed by atoms with Crippen molar-refractivity contribution in [3.05, 3.63) is 111 Å². The summed E-state index contributed by atoms with van der Waals surface area (Å²) in [6.07, 6.45) is 6.28. The number of anilines is 1. The molecule has 0 radical (unpaired) electrons. The smallest absolute Gasteiger partial charge is 0.223 e. The lowest BCUT2D eigenvalue weighted by atomic mass is 9.93. The van der Waals surface area contributed by atoms with Gasteiger partial charge in [-0.1, -0.05) is 66.5 Å². The lowest BCUT2D eigenvalue weighted by Gasteiger charge is -2.35. The highest BCUT2D eigenvalue weighted by atomic mass is 35.5. The Morgan fingerprint density at radius 2 is 1.54 bits per heavy atom. The Kier molecular flexibility index (Phi) is 14.4. The normalized spacial score (nSPS) is 15.2. The fourth-order valence-corrected chi connectivity index (χ4v) is 9.56. The third-order valence-corrected chi connectivity index (χ3v) is 13.5. The molecule has 68 heavy (non-hydrogen) atoms. The van der Waals surface area contributed by atoms with Crippen LogP contribution in [0.2, 0.25) is 10.0 Å². The number of likely N-dealkylation sites (tertiary alicyclic amines) is 1. The zero-order valence-corrected chi connectivity index (χ0v) is 39.7. The Bertz CT molecular complexity index is 2830. The van der Waals surface area contributed by atoms with Crippen LogP contribution in [0.1, 0.15) is 98.6 Å². The van der Waals surface area contributed by atoms with Crippen LogP contribution in [-0.4, -0.2) is 102 Å². The van der Waals surface area contributed by atoms with Gasteiger partial charge in [0.15, 0.2) is 28.8 Å². The summed E-state index contributed by atoms with van der Waals surface area (Å²) in [4.78, 5) is 49.4. The number of piperazine rings is 1. The van der Waals surface area contributed by atoms with E-state index in [0.29, 0.717) is 86.5 Å². The summed E-state index contributed by atoms with van der Waals surface area (Å²) in [5.74, 6) is -0.530. The van der Waals surface area contributed by atoms with Crippen LogP contribution in [0.25, 0.3) is 33.6 Å². The number of aromatic nitrogens is 4. The molecule has 2 amide bonds. The number of benzene rings is 3. The number of pyridine rings is 1. The molecule has 0 bridgehead atoms. The minimum Gasteiger partial charge on any atom is -0.508 e. The van der Waals surface area contributed by atoms with Crippen molar-refractivity contribution in [2.24, 2.45) is 0 Å². The molecule has 2 fully saturated rings. The molecule has 356 valence electrons. The van der Waals surface area contributed by atoms with Crippen LogP contribution in [0, 0.1) is 5.82 Å². The van der Waals surface area contributed by atoms with Crippen LogP contribution in [-0.2, 0) is 16.1 Å². The molecule has 2 saturated heterocycles. The largest absolute Gasteiger partial charge is 0.508 e. The van der Waals surface area contributed by atoms with E-state index in [0.717, 1.165) is 16.7 Å². The van der Waals surface area contributed by atoms with Crippen LogP contribution in [0.15, 0.2) is 77.7 Å².